The van der Waals surface area contributed by atoms with Crippen molar-refractivity contribution in [2.24, 2.45) is 12.1 Å². The number of aromatic nitrogens is 4. The molecule has 0 spiro atoms. The first-order valence-electron chi connectivity index (χ1n) is 10.3. The van der Waals surface area contributed by atoms with Gasteiger partial charge in [-0.15, -0.1) is 0 Å². The second kappa shape index (κ2) is 9.34. The fourth-order valence-corrected chi connectivity index (χ4v) is 3.34. The standard InChI is InChI=1S/C23H24N6O3/c1-16(17-10-5-3-6-11-17)26-27-22-24-20-19(21(30)25-23(31)28(20)2)29(22)14-9-15-32-18-12-7-4-8-13-18/h3-8,10-13H,9,14-15H2,1-2H3,(H,24,27)(H,25,30,31)/b26-16-. The molecule has 2 aromatic heterocycles. The molecule has 0 unspecified atom stereocenters. The number of anilines is 1. The number of hydrazone groups is 1. The van der Waals surface area contributed by atoms with Crippen molar-refractivity contribution >= 4 is 22.8 Å². The number of imidazole rings is 1. The van der Waals surface area contributed by atoms with Crippen LogP contribution in [-0.4, -0.2) is 31.4 Å². The quantitative estimate of drug-likeness (QED) is 0.253. The van der Waals surface area contributed by atoms with Gasteiger partial charge in [0.2, 0.25) is 5.95 Å². The van der Waals surface area contributed by atoms with E-state index in [1.54, 1.807) is 11.6 Å². The molecule has 0 aliphatic rings. The molecule has 9 nitrogen and oxygen atoms in total. The molecule has 4 aromatic rings. The molecule has 0 aliphatic heterocycles. The van der Waals surface area contributed by atoms with E-state index < -0.39 is 11.2 Å². The minimum Gasteiger partial charge on any atom is -0.494 e. The van der Waals surface area contributed by atoms with Crippen LogP contribution in [0.15, 0.2) is 75.4 Å². The first kappa shape index (κ1) is 21.1. The minimum absolute atomic E-state index is 0.290. The maximum absolute atomic E-state index is 12.6. The number of aromatic amines is 1. The zero-order chi connectivity index (χ0) is 22.5. The van der Waals surface area contributed by atoms with Crippen LogP contribution < -0.4 is 21.4 Å². The van der Waals surface area contributed by atoms with E-state index in [2.05, 4.69) is 20.5 Å². The van der Waals surface area contributed by atoms with Crippen molar-refractivity contribution in [1.29, 1.82) is 0 Å². The van der Waals surface area contributed by atoms with Crippen molar-refractivity contribution in [3.63, 3.8) is 0 Å². The van der Waals surface area contributed by atoms with E-state index in [1.165, 1.54) is 4.57 Å². The molecule has 0 atom stereocenters. The molecule has 4 rings (SSSR count). The summed E-state index contributed by atoms with van der Waals surface area (Å²) < 4.78 is 8.80. The average Bonchev–Trinajstić information content (AvgIpc) is 3.19. The van der Waals surface area contributed by atoms with Crippen LogP contribution in [-0.2, 0) is 13.6 Å². The second-order valence-corrected chi connectivity index (χ2v) is 7.27. The maximum atomic E-state index is 12.6. The van der Waals surface area contributed by atoms with Crippen LogP contribution in [0, 0.1) is 0 Å². The number of nitrogens with zero attached hydrogens (tertiary/aromatic N) is 4. The first-order chi connectivity index (χ1) is 15.5. The molecule has 2 heterocycles. The fourth-order valence-electron chi connectivity index (χ4n) is 3.34. The van der Waals surface area contributed by atoms with Crippen LogP contribution in [0.4, 0.5) is 5.95 Å². The number of H-pyrrole nitrogens is 1. The number of nitrogens with one attached hydrogen (secondary N) is 2. The summed E-state index contributed by atoms with van der Waals surface area (Å²) in [4.78, 5) is 31.4. The molecule has 0 fully saturated rings. The lowest BCUT2D eigenvalue weighted by molar-refractivity contribution is 0.303. The highest BCUT2D eigenvalue weighted by Gasteiger charge is 2.17. The highest BCUT2D eigenvalue weighted by atomic mass is 16.5. The number of rotatable bonds is 8. The van der Waals surface area contributed by atoms with Gasteiger partial charge < -0.3 is 9.30 Å². The highest BCUT2D eigenvalue weighted by Crippen LogP contribution is 2.17. The Morgan fingerprint density at radius 3 is 2.50 bits per heavy atom. The van der Waals surface area contributed by atoms with E-state index in [1.807, 2.05) is 67.6 Å². The molecule has 2 N–H and O–H groups in total. The summed E-state index contributed by atoms with van der Waals surface area (Å²) in [6.07, 6.45) is 0.624. The van der Waals surface area contributed by atoms with Crippen LogP contribution in [0.2, 0.25) is 0 Å². The monoisotopic (exact) mass is 432 g/mol. The molecular formula is C23H24N6O3. The summed E-state index contributed by atoms with van der Waals surface area (Å²) in [5.74, 6) is 1.16. The van der Waals surface area contributed by atoms with Crippen molar-refractivity contribution in [1.82, 2.24) is 19.1 Å². The molecule has 164 valence electrons. The summed E-state index contributed by atoms with van der Waals surface area (Å²) in [6.45, 7) is 2.79. The van der Waals surface area contributed by atoms with E-state index in [0.29, 0.717) is 31.0 Å². The zero-order valence-electron chi connectivity index (χ0n) is 17.9. The van der Waals surface area contributed by atoms with Gasteiger partial charge >= 0.3 is 5.69 Å². The molecule has 0 amide bonds. The van der Waals surface area contributed by atoms with E-state index in [9.17, 15) is 9.59 Å². The van der Waals surface area contributed by atoms with Crippen molar-refractivity contribution in [3.05, 3.63) is 87.1 Å². The molecule has 0 saturated carbocycles. The average molecular weight is 432 g/mol. The lowest BCUT2D eigenvalue weighted by Gasteiger charge is -2.10. The predicted molar refractivity (Wildman–Crippen MR) is 124 cm³/mol. The number of para-hydroxylation sites is 1. The van der Waals surface area contributed by atoms with E-state index in [4.69, 9.17) is 4.74 Å². The molecule has 0 bridgehead atoms. The second-order valence-electron chi connectivity index (χ2n) is 7.27. The van der Waals surface area contributed by atoms with Gasteiger partial charge in [0, 0.05) is 13.6 Å². The summed E-state index contributed by atoms with van der Waals surface area (Å²) in [5, 5.41) is 4.43. The number of benzene rings is 2. The molecular weight excluding hydrogens is 408 g/mol. The largest absolute Gasteiger partial charge is 0.494 e. The Morgan fingerprint density at radius 1 is 1.09 bits per heavy atom. The Bertz CT molecular complexity index is 1350. The minimum atomic E-state index is -0.518. The Morgan fingerprint density at radius 2 is 1.78 bits per heavy atom. The van der Waals surface area contributed by atoms with Gasteiger partial charge in [-0.05, 0) is 31.0 Å². The Balaban J connectivity index is 1.62. The Labute approximate surface area is 184 Å². The van der Waals surface area contributed by atoms with E-state index in [0.717, 1.165) is 17.0 Å². The summed E-state index contributed by atoms with van der Waals surface area (Å²) in [7, 11) is 1.57. The molecule has 32 heavy (non-hydrogen) atoms. The van der Waals surface area contributed by atoms with Gasteiger partial charge in [-0.2, -0.15) is 10.1 Å². The van der Waals surface area contributed by atoms with Gasteiger partial charge in [0.05, 0.1) is 12.3 Å². The SMILES string of the molecule is C/C(=N/Nc1nc2c(c(=O)[nH]c(=O)n2C)n1CCCOc1ccccc1)c1ccccc1. The van der Waals surface area contributed by atoms with Crippen molar-refractivity contribution in [3.8, 4) is 5.75 Å². The maximum Gasteiger partial charge on any atom is 0.329 e. The van der Waals surface area contributed by atoms with Gasteiger partial charge in [0.15, 0.2) is 11.2 Å². The third-order valence-electron chi connectivity index (χ3n) is 5.06. The van der Waals surface area contributed by atoms with Crippen LogP contribution in [0.25, 0.3) is 11.2 Å². The lowest BCUT2D eigenvalue weighted by Crippen LogP contribution is -2.29. The van der Waals surface area contributed by atoms with Crippen LogP contribution in [0.5, 0.6) is 5.75 Å². The third-order valence-corrected chi connectivity index (χ3v) is 5.06. The number of aryl methyl sites for hydroxylation is 2. The summed E-state index contributed by atoms with van der Waals surface area (Å²) in [5.41, 5.74) is 4.28. The summed E-state index contributed by atoms with van der Waals surface area (Å²) in [6, 6.07) is 19.3. The van der Waals surface area contributed by atoms with E-state index in [-0.39, 0.29) is 5.65 Å². The number of hydrogen-bond donors (Lipinski definition) is 2. The number of hydrogen-bond acceptors (Lipinski definition) is 6. The van der Waals surface area contributed by atoms with Gasteiger partial charge in [-0.1, -0.05) is 48.5 Å². The first-order valence-corrected chi connectivity index (χ1v) is 10.3. The van der Waals surface area contributed by atoms with Gasteiger partial charge in [-0.25, -0.2) is 10.2 Å². The molecule has 0 aliphatic carbocycles. The summed E-state index contributed by atoms with van der Waals surface area (Å²) >= 11 is 0. The normalized spacial score (nSPS) is 11.6. The lowest BCUT2D eigenvalue weighted by atomic mass is 10.1. The molecule has 2 aromatic carbocycles. The number of fused-ring (bicyclic) bond motifs is 1. The van der Waals surface area contributed by atoms with Gasteiger partial charge in [-0.3, -0.25) is 14.3 Å². The highest BCUT2D eigenvalue weighted by molar-refractivity contribution is 5.99. The Hall–Kier alpha value is -4.14. The molecule has 0 saturated heterocycles. The predicted octanol–water partition coefficient (Wildman–Crippen LogP) is 2.73. The zero-order valence-corrected chi connectivity index (χ0v) is 17.9. The Kier molecular flexibility index (Phi) is 6.16. The van der Waals surface area contributed by atoms with Crippen LogP contribution >= 0.6 is 0 Å². The van der Waals surface area contributed by atoms with Gasteiger partial charge in [0.25, 0.3) is 5.56 Å². The van der Waals surface area contributed by atoms with Crippen molar-refractivity contribution < 1.29 is 4.74 Å². The number of ether oxygens (including phenoxy) is 1. The smallest absolute Gasteiger partial charge is 0.329 e. The fraction of sp³-hybridized carbons (Fsp3) is 0.217. The topological polar surface area (TPSA) is 106 Å². The molecule has 0 radical (unpaired) electrons. The van der Waals surface area contributed by atoms with Crippen molar-refractivity contribution in [2.75, 3.05) is 12.0 Å². The van der Waals surface area contributed by atoms with Crippen LogP contribution in [0.1, 0.15) is 18.9 Å². The van der Waals surface area contributed by atoms with Crippen molar-refractivity contribution in [2.45, 2.75) is 19.9 Å². The molecule has 9 heteroatoms. The third kappa shape index (κ3) is 4.46. The van der Waals surface area contributed by atoms with Crippen LogP contribution in [0.3, 0.4) is 0 Å². The van der Waals surface area contributed by atoms with E-state index >= 15 is 0 Å². The van der Waals surface area contributed by atoms with Gasteiger partial charge in [0.1, 0.15) is 5.75 Å².